The van der Waals surface area contributed by atoms with Gasteiger partial charge in [-0.15, -0.1) is 0 Å². The Morgan fingerprint density at radius 1 is 1.47 bits per heavy atom. The summed E-state index contributed by atoms with van der Waals surface area (Å²) < 4.78 is 39.7. The lowest BCUT2D eigenvalue weighted by Gasteiger charge is -2.19. The fourth-order valence-corrected chi connectivity index (χ4v) is 3.23. The molecule has 0 bridgehead atoms. The monoisotopic (exact) mass is 310 g/mol. The highest BCUT2D eigenvalue weighted by Gasteiger charge is 2.24. The maximum absolute atomic E-state index is 13.1. The minimum absolute atomic E-state index is 0.164. The summed E-state index contributed by atoms with van der Waals surface area (Å²) in [5, 5.41) is 8.73. The van der Waals surface area contributed by atoms with E-state index < -0.39 is 21.9 Å². The van der Waals surface area contributed by atoms with Crippen molar-refractivity contribution in [2.75, 3.05) is 12.3 Å². The van der Waals surface area contributed by atoms with E-state index in [0.717, 1.165) is 12.1 Å². The molecule has 1 aromatic rings. The Kier molecular flexibility index (Phi) is 5.14. The van der Waals surface area contributed by atoms with Crippen molar-refractivity contribution in [1.29, 1.82) is 0 Å². The van der Waals surface area contributed by atoms with E-state index >= 15 is 0 Å². The van der Waals surface area contributed by atoms with Crippen molar-refractivity contribution >= 4 is 27.3 Å². The molecule has 1 rings (SSSR count). The van der Waals surface area contributed by atoms with E-state index in [1.54, 1.807) is 13.8 Å². The predicted molar refractivity (Wildman–Crippen MR) is 71.9 cm³/mol. The van der Waals surface area contributed by atoms with Gasteiger partial charge in [0, 0.05) is 12.6 Å². The molecule has 0 aliphatic rings. The molecule has 0 amide bonds. The topological polar surface area (TPSA) is 92.4 Å². The molecule has 0 saturated carbocycles. The SMILES string of the molecule is CC(CO)C(C)NS(=O)(=O)c1cc(N)c(F)cc1Cl. The van der Waals surface area contributed by atoms with Crippen molar-refractivity contribution in [3.8, 4) is 0 Å². The fraction of sp³-hybridized carbons (Fsp3) is 0.455. The molecule has 2 unspecified atom stereocenters. The normalized spacial score (nSPS) is 15.2. The number of rotatable bonds is 5. The quantitative estimate of drug-likeness (QED) is 0.716. The van der Waals surface area contributed by atoms with Crippen LogP contribution in [0, 0.1) is 11.7 Å². The molecule has 19 heavy (non-hydrogen) atoms. The number of hydrogen-bond acceptors (Lipinski definition) is 4. The van der Waals surface area contributed by atoms with Crippen LogP contribution >= 0.6 is 11.6 Å². The number of sulfonamides is 1. The average Bonchev–Trinajstić information content (AvgIpc) is 2.31. The van der Waals surface area contributed by atoms with Crippen molar-refractivity contribution < 1.29 is 17.9 Å². The maximum Gasteiger partial charge on any atom is 0.242 e. The highest BCUT2D eigenvalue weighted by atomic mass is 35.5. The molecule has 108 valence electrons. The van der Waals surface area contributed by atoms with Crippen LogP contribution in [0.5, 0.6) is 0 Å². The molecule has 0 heterocycles. The molecule has 8 heteroatoms. The Balaban J connectivity index is 3.11. The molecule has 0 fully saturated rings. The summed E-state index contributed by atoms with van der Waals surface area (Å²) in [5.74, 6) is -1.05. The van der Waals surface area contributed by atoms with Gasteiger partial charge in [-0.05, 0) is 25.0 Å². The van der Waals surface area contributed by atoms with Gasteiger partial charge in [0.05, 0.1) is 10.7 Å². The van der Waals surface area contributed by atoms with Gasteiger partial charge in [0.2, 0.25) is 10.0 Å². The van der Waals surface area contributed by atoms with Crippen molar-refractivity contribution in [3.63, 3.8) is 0 Å². The standard InChI is InChI=1S/C11H16ClFN2O3S/c1-6(5-16)7(2)15-19(17,18)11-4-10(14)9(13)3-8(11)12/h3-4,6-7,15-16H,5,14H2,1-2H3. The van der Waals surface area contributed by atoms with Crippen molar-refractivity contribution in [2.24, 2.45) is 5.92 Å². The lowest BCUT2D eigenvalue weighted by atomic mass is 10.1. The first-order valence-corrected chi connectivity index (χ1v) is 7.43. The summed E-state index contributed by atoms with van der Waals surface area (Å²) in [7, 11) is -3.92. The zero-order valence-electron chi connectivity index (χ0n) is 10.5. The van der Waals surface area contributed by atoms with Gasteiger partial charge < -0.3 is 10.8 Å². The average molecular weight is 311 g/mol. The van der Waals surface area contributed by atoms with Crippen LogP contribution in [0.3, 0.4) is 0 Å². The van der Waals surface area contributed by atoms with Crippen molar-refractivity contribution in [2.45, 2.75) is 24.8 Å². The van der Waals surface area contributed by atoms with Crippen LogP contribution in [0.4, 0.5) is 10.1 Å². The predicted octanol–water partition coefficient (Wildman–Crippen LogP) is 1.36. The van der Waals surface area contributed by atoms with E-state index in [9.17, 15) is 12.8 Å². The van der Waals surface area contributed by atoms with E-state index in [-0.39, 0.29) is 28.1 Å². The zero-order valence-corrected chi connectivity index (χ0v) is 12.1. The third-order valence-corrected chi connectivity index (χ3v) is 4.85. The third kappa shape index (κ3) is 3.79. The van der Waals surface area contributed by atoms with E-state index in [0.29, 0.717) is 0 Å². The first kappa shape index (κ1) is 16.2. The van der Waals surface area contributed by atoms with Gasteiger partial charge >= 0.3 is 0 Å². The largest absolute Gasteiger partial charge is 0.396 e. The van der Waals surface area contributed by atoms with Gasteiger partial charge in [0.1, 0.15) is 10.7 Å². The van der Waals surface area contributed by atoms with Gasteiger partial charge in [0.15, 0.2) is 0 Å². The van der Waals surface area contributed by atoms with Gasteiger partial charge in [-0.1, -0.05) is 18.5 Å². The molecule has 0 radical (unpaired) electrons. The summed E-state index contributed by atoms with van der Waals surface area (Å²) >= 11 is 5.72. The van der Waals surface area contributed by atoms with Crippen LogP contribution in [-0.2, 0) is 10.0 Å². The van der Waals surface area contributed by atoms with Crippen LogP contribution in [0.15, 0.2) is 17.0 Å². The molecule has 0 aliphatic heterocycles. The molecule has 0 aromatic heterocycles. The molecule has 1 aromatic carbocycles. The Labute approximate surface area is 116 Å². The van der Waals surface area contributed by atoms with Crippen LogP contribution in [-0.4, -0.2) is 26.2 Å². The van der Waals surface area contributed by atoms with Crippen LogP contribution in [0.25, 0.3) is 0 Å². The highest BCUT2D eigenvalue weighted by Crippen LogP contribution is 2.26. The van der Waals surface area contributed by atoms with Gasteiger partial charge in [0.25, 0.3) is 0 Å². The van der Waals surface area contributed by atoms with Gasteiger partial charge in [-0.2, -0.15) is 0 Å². The Morgan fingerprint density at radius 2 is 2.05 bits per heavy atom. The molecule has 0 spiro atoms. The second-order valence-electron chi connectivity index (χ2n) is 4.37. The minimum atomic E-state index is -3.92. The highest BCUT2D eigenvalue weighted by molar-refractivity contribution is 7.89. The smallest absolute Gasteiger partial charge is 0.242 e. The summed E-state index contributed by atoms with van der Waals surface area (Å²) in [6.07, 6.45) is 0. The second-order valence-corrected chi connectivity index (χ2v) is 6.46. The number of aliphatic hydroxyl groups excluding tert-OH is 1. The van der Waals surface area contributed by atoms with Crippen LogP contribution in [0.1, 0.15) is 13.8 Å². The van der Waals surface area contributed by atoms with E-state index in [1.165, 1.54) is 0 Å². The van der Waals surface area contributed by atoms with Crippen LogP contribution < -0.4 is 10.5 Å². The Bertz CT molecular complexity index is 565. The molecule has 0 saturated heterocycles. The Hall–Kier alpha value is -0.890. The van der Waals surface area contributed by atoms with Crippen LogP contribution in [0.2, 0.25) is 5.02 Å². The molecular formula is C11H16ClFN2O3S. The summed E-state index contributed by atoms with van der Waals surface area (Å²) in [6, 6.07) is 1.32. The number of benzene rings is 1. The van der Waals surface area contributed by atoms with Gasteiger partial charge in [-0.25, -0.2) is 17.5 Å². The first-order chi connectivity index (χ1) is 8.69. The molecule has 0 aliphatic carbocycles. The minimum Gasteiger partial charge on any atom is -0.396 e. The van der Waals surface area contributed by atoms with Crippen molar-refractivity contribution in [1.82, 2.24) is 4.72 Å². The summed E-state index contributed by atoms with van der Waals surface area (Å²) in [5.41, 5.74) is 5.04. The van der Waals surface area contributed by atoms with E-state index in [4.69, 9.17) is 22.4 Å². The number of nitrogen functional groups attached to an aromatic ring is 1. The van der Waals surface area contributed by atoms with Crippen molar-refractivity contribution in [3.05, 3.63) is 23.0 Å². The lowest BCUT2D eigenvalue weighted by molar-refractivity contribution is 0.216. The zero-order chi connectivity index (χ0) is 14.8. The fourth-order valence-electron chi connectivity index (χ4n) is 1.33. The lowest BCUT2D eigenvalue weighted by Crippen LogP contribution is -2.38. The molecule has 5 nitrogen and oxygen atoms in total. The van der Waals surface area contributed by atoms with E-state index in [1.807, 2.05) is 0 Å². The number of halogens is 2. The number of hydrogen-bond donors (Lipinski definition) is 3. The first-order valence-electron chi connectivity index (χ1n) is 5.56. The third-order valence-electron chi connectivity index (χ3n) is 2.82. The van der Waals surface area contributed by atoms with E-state index in [2.05, 4.69) is 4.72 Å². The maximum atomic E-state index is 13.1. The number of nitrogens with two attached hydrogens (primary N) is 1. The number of aliphatic hydroxyl groups is 1. The Morgan fingerprint density at radius 3 is 2.58 bits per heavy atom. The molecule has 2 atom stereocenters. The number of anilines is 1. The number of nitrogens with one attached hydrogen (secondary N) is 1. The van der Waals surface area contributed by atoms with Gasteiger partial charge in [-0.3, -0.25) is 0 Å². The summed E-state index contributed by atoms with van der Waals surface area (Å²) in [4.78, 5) is -0.287. The molecular weight excluding hydrogens is 295 g/mol. The second kappa shape index (κ2) is 6.04. The summed E-state index contributed by atoms with van der Waals surface area (Å²) in [6.45, 7) is 3.13. The molecule has 4 N–H and O–H groups in total.